The average Bonchev–Trinajstić information content (AvgIpc) is 2.51. The lowest BCUT2D eigenvalue weighted by molar-refractivity contribution is 0.0697. The molecule has 2 rings (SSSR count). The molecule has 0 atom stereocenters. The second-order valence-electron chi connectivity index (χ2n) is 4.34. The van der Waals surface area contributed by atoms with Gasteiger partial charge in [0.2, 0.25) is 0 Å². The van der Waals surface area contributed by atoms with Crippen molar-refractivity contribution < 1.29 is 14.6 Å². The Morgan fingerprint density at radius 2 is 2.14 bits per heavy atom. The molecular formula is C16H15ClN2O3. The molecule has 0 aliphatic rings. The maximum absolute atomic E-state index is 11.0. The Bertz CT molecular complexity index is 702. The first-order valence-corrected chi connectivity index (χ1v) is 7.03. The summed E-state index contributed by atoms with van der Waals surface area (Å²) in [6, 6.07) is 11.8. The number of anilines is 1. The Balaban J connectivity index is 2.16. The van der Waals surface area contributed by atoms with Crippen molar-refractivity contribution in [2.24, 2.45) is 5.10 Å². The topological polar surface area (TPSA) is 70.9 Å². The van der Waals surface area contributed by atoms with Crippen molar-refractivity contribution in [1.29, 1.82) is 0 Å². The smallest absolute Gasteiger partial charge is 0.335 e. The summed E-state index contributed by atoms with van der Waals surface area (Å²) in [5.74, 6) is -0.300. The second-order valence-corrected chi connectivity index (χ2v) is 4.75. The monoisotopic (exact) mass is 318 g/mol. The van der Waals surface area contributed by atoms with Crippen LogP contribution in [0.3, 0.4) is 0 Å². The second kappa shape index (κ2) is 7.47. The minimum absolute atomic E-state index is 0.136. The van der Waals surface area contributed by atoms with E-state index in [1.165, 1.54) is 18.2 Å². The molecule has 2 aromatic carbocycles. The van der Waals surface area contributed by atoms with Crippen LogP contribution in [0.2, 0.25) is 5.02 Å². The molecule has 0 aliphatic carbocycles. The highest BCUT2D eigenvalue weighted by atomic mass is 35.5. The van der Waals surface area contributed by atoms with E-state index in [1.807, 2.05) is 31.2 Å². The molecule has 0 saturated heterocycles. The molecule has 0 amide bonds. The fraction of sp³-hybridized carbons (Fsp3) is 0.125. The number of rotatable bonds is 6. The fourth-order valence-electron chi connectivity index (χ4n) is 1.79. The molecule has 2 aromatic rings. The number of carboxylic acids is 1. The van der Waals surface area contributed by atoms with Gasteiger partial charge in [-0.15, -0.1) is 0 Å². The standard InChI is InChI=1S/C16H15ClN2O3/c1-2-22-15-6-4-3-5-12(15)10-18-19-14-9-11(16(20)21)7-8-13(14)17/h3-10,19H,2H2,1H3,(H,20,21)/b18-10-. The normalized spacial score (nSPS) is 10.6. The molecule has 6 heteroatoms. The Morgan fingerprint density at radius 3 is 2.86 bits per heavy atom. The summed E-state index contributed by atoms with van der Waals surface area (Å²) in [6.07, 6.45) is 1.59. The molecule has 0 radical (unpaired) electrons. The van der Waals surface area contributed by atoms with E-state index in [0.717, 1.165) is 11.3 Å². The molecule has 0 saturated carbocycles. The highest BCUT2D eigenvalue weighted by Crippen LogP contribution is 2.23. The largest absolute Gasteiger partial charge is 0.493 e. The molecule has 0 aliphatic heterocycles. The van der Waals surface area contributed by atoms with Crippen molar-refractivity contribution in [1.82, 2.24) is 0 Å². The van der Waals surface area contributed by atoms with Crippen molar-refractivity contribution in [3.8, 4) is 5.75 Å². The van der Waals surface area contributed by atoms with Crippen molar-refractivity contribution in [3.05, 3.63) is 58.6 Å². The average molecular weight is 319 g/mol. The minimum Gasteiger partial charge on any atom is -0.493 e. The fourth-order valence-corrected chi connectivity index (χ4v) is 1.95. The van der Waals surface area contributed by atoms with Gasteiger partial charge in [0, 0.05) is 5.56 Å². The number of nitrogens with one attached hydrogen (secondary N) is 1. The minimum atomic E-state index is -1.02. The highest BCUT2D eigenvalue weighted by Gasteiger charge is 2.06. The molecule has 0 fully saturated rings. The number of ether oxygens (including phenoxy) is 1. The summed E-state index contributed by atoms with van der Waals surface area (Å²) in [5, 5.41) is 13.4. The number of para-hydroxylation sites is 1. The van der Waals surface area contributed by atoms with Crippen LogP contribution in [-0.2, 0) is 0 Å². The summed E-state index contributed by atoms with van der Waals surface area (Å²) >= 11 is 6.01. The number of halogens is 1. The molecule has 0 aromatic heterocycles. The molecule has 2 N–H and O–H groups in total. The van der Waals surface area contributed by atoms with Crippen LogP contribution in [0.5, 0.6) is 5.75 Å². The van der Waals surface area contributed by atoms with Crippen LogP contribution in [0, 0.1) is 0 Å². The van der Waals surface area contributed by atoms with E-state index >= 15 is 0 Å². The van der Waals surface area contributed by atoms with Crippen LogP contribution >= 0.6 is 11.6 Å². The van der Waals surface area contributed by atoms with Crippen LogP contribution < -0.4 is 10.2 Å². The third kappa shape index (κ3) is 3.99. The van der Waals surface area contributed by atoms with Gasteiger partial charge < -0.3 is 9.84 Å². The number of hydrazone groups is 1. The van der Waals surface area contributed by atoms with Gasteiger partial charge in [-0.3, -0.25) is 5.43 Å². The quantitative estimate of drug-likeness (QED) is 0.626. The number of nitrogens with zero attached hydrogens (tertiary/aromatic N) is 1. The van der Waals surface area contributed by atoms with E-state index in [1.54, 1.807) is 6.21 Å². The molecule has 22 heavy (non-hydrogen) atoms. The van der Waals surface area contributed by atoms with Gasteiger partial charge in [0.05, 0.1) is 29.1 Å². The number of carboxylic acid groups (broad SMARTS) is 1. The van der Waals surface area contributed by atoms with Crippen LogP contribution in [0.15, 0.2) is 47.6 Å². The number of aromatic carboxylic acids is 1. The van der Waals surface area contributed by atoms with Gasteiger partial charge in [-0.1, -0.05) is 23.7 Å². The van der Waals surface area contributed by atoms with Crippen LogP contribution in [0.25, 0.3) is 0 Å². The third-order valence-corrected chi connectivity index (χ3v) is 3.15. The maximum atomic E-state index is 11.0. The lowest BCUT2D eigenvalue weighted by Gasteiger charge is -2.07. The number of hydrogen-bond donors (Lipinski definition) is 2. The first-order valence-electron chi connectivity index (χ1n) is 6.65. The molecular weight excluding hydrogens is 304 g/mol. The SMILES string of the molecule is CCOc1ccccc1/C=N\Nc1cc(C(=O)O)ccc1Cl. The van der Waals surface area contributed by atoms with Crippen molar-refractivity contribution in [3.63, 3.8) is 0 Å². The maximum Gasteiger partial charge on any atom is 0.335 e. The van der Waals surface area contributed by atoms with Crippen molar-refractivity contribution >= 4 is 29.5 Å². The Morgan fingerprint density at radius 1 is 1.36 bits per heavy atom. The third-order valence-electron chi connectivity index (χ3n) is 2.82. The Kier molecular flexibility index (Phi) is 5.38. The van der Waals surface area contributed by atoms with E-state index in [2.05, 4.69) is 10.5 Å². The van der Waals surface area contributed by atoms with Gasteiger partial charge >= 0.3 is 5.97 Å². The molecule has 0 spiro atoms. The first kappa shape index (κ1) is 15.9. The van der Waals surface area contributed by atoms with Gasteiger partial charge in [0.1, 0.15) is 5.75 Å². The summed E-state index contributed by atoms with van der Waals surface area (Å²) in [4.78, 5) is 11.0. The van der Waals surface area contributed by atoms with Crippen LogP contribution in [0.1, 0.15) is 22.8 Å². The molecule has 0 bridgehead atoms. The number of benzene rings is 2. The van der Waals surface area contributed by atoms with E-state index in [4.69, 9.17) is 21.4 Å². The summed E-state index contributed by atoms with van der Waals surface area (Å²) in [5.41, 5.74) is 4.11. The van der Waals surface area contributed by atoms with Gasteiger partial charge in [-0.05, 0) is 37.3 Å². The van der Waals surface area contributed by atoms with E-state index in [9.17, 15) is 4.79 Å². The molecule has 0 heterocycles. The summed E-state index contributed by atoms with van der Waals surface area (Å²) < 4.78 is 5.49. The van der Waals surface area contributed by atoms with Crippen LogP contribution in [0.4, 0.5) is 5.69 Å². The lowest BCUT2D eigenvalue weighted by Crippen LogP contribution is -1.99. The Labute approximate surface area is 133 Å². The van der Waals surface area contributed by atoms with E-state index in [0.29, 0.717) is 17.3 Å². The predicted molar refractivity (Wildman–Crippen MR) is 87.2 cm³/mol. The predicted octanol–water partition coefficient (Wildman–Crippen LogP) is 3.88. The first-order chi connectivity index (χ1) is 10.6. The molecule has 114 valence electrons. The van der Waals surface area contributed by atoms with Crippen LogP contribution in [-0.4, -0.2) is 23.9 Å². The van der Waals surface area contributed by atoms with Crippen molar-refractivity contribution in [2.75, 3.05) is 12.0 Å². The zero-order valence-corrected chi connectivity index (χ0v) is 12.7. The zero-order valence-electron chi connectivity index (χ0n) is 11.9. The summed E-state index contributed by atoms with van der Waals surface area (Å²) in [6.45, 7) is 2.47. The Hall–Kier alpha value is -2.53. The van der Waals surface area contributed by atoms with Gasteiger partial charge in [-0.25, -0.2) is 4.79 Å². The van der Waals surface area contributed by atoms with Gasteiger partial charge in [0.15, 0.2) is 0 Å². The van der Waals surface area contributed by atoms with E-state index in [-0.39, 0.29) is 5.56 Å². The van der Waals surface area contributed by atoms with E-state index < -0.39 is 5.97 Å². The lowest BCUT2D eigenvalue weighted by atomic mass is 10.2. The molecule has 5 nitrogen and oxygen atoms in total. The zero-order chi connectivity index (χ0) is 15.9. The summed E-state index contributed by atoms with van der Waals surface area (Å²) in [7, 11) is 0. The molecule has 0 unspecified atom stereocenters. The van der Waals surface area contributed by atoms with Gasteiger partial charge in [0.25, 0.3) is 0 Å². The van der Waals surface area contributed by atoms with Gasteiger partial charge in [-0.2, -0.15) is 5.10 Å². The number of hydrogen-bond acceptors (Lipinski definition) is 4. The number of carbonyl (C=O) groups is 1. The highest BCUT2D eigenvalue weighted by molar-refractivity contribution is 6.33. The van der Waals surface area contributed by atoms with Crippen molar-refractivity contribution in [2.45, 2.75) is 6.92 Å².